The van der Waals surface area contributed by atoms with Gasteiger partial charge in [0.2, 0.25) is 0 Å². The Morgan fingerprint density at radius 1 is 1.22 bits per heavy atom. The molecular formula is C18H15F2N3O3S. The van der Waals surface area contributed by atoms with Crippen molar-refractivity contribution in [1.29, 1.82) is 0 Å². The van der Waals surface area contributed by atoms with Crippen molar-refractivity contribution < 1.29 is 22.0 Å². The van der Waals surface area contributed by atoms with Crippen LogP contribution in [0.5, 0.6) is 0 Å². The number of aromatic nitrogens is 1. The van der Waals surface area contributed by atoms with Gasteiger partial charge >= 0.3 is 0 Å². The number of fused-ring (bicyclic) bond motifs is 1. The summed E-state index contributed by atoms with van der Waals surface area (Å²) >= 11 is 0. The molecule has 0 bridgehead atoms. The molecule has 0 aliphatic heterocycles. The summed E-state index contributed by atoms with van der Waals surface area (Å²) in [4.78, 5) is 16.0. The molecule has 0 fully saturated rings. The molecule has 0 saturated heterocycles. The van der Waals surface area contributed by atoms with Crippen molar-refractivity contribution in [3.63, 3.8) is 0 Å². The van der Waals surface area contributed by atoms with Crippen LogP contribution in [0.1, 0.15) is 15.9 Å². The van der Waals surface area contributed by atoms with Crippen molar-refractivity contribution >= 4 is 38.0 Å². The maximum absolute atomic E-state index is 14.1. The predicted molar refractivity (Wildman–Crippen MR) is 97.7 cm³/mol. The molecule has 6 nitrogen and oxygen atoms in total. The second-order valence-electron chi connectivity index (χ2n) is 6.05. The molecular weight excluding hydrogens is 376 g/mol. The van der Waals surface area contributed by atoms with E-state index in [2.05, 4.69) is 10.3 Å². The number of benzene rings is 2. The average Bonchev–Trinajstić information content (AvgIpc) is 2.58. The Morgan fingerprint density at radius 3 is 2.56 bits per heavy atom. The lowest BCUT2D eigenvalue weighted by atomic mass is 10.1. The van der Waals surface area contributed by atoms with Crippen LogP contribution in [-0.2, 0) is 9.84 Å². The van der Waals surface area contributed by atoms with E-state index in [9.17, 15) is 22.0 Å². The average molecular weight is 391 g/mol. The summed E-state index contributed by atoms with van der Waals surface area (Å²) in [6.07, 6.45) is 2.25. The van der Waals surface area contributed by atoms with Crippen LogP contribution >= 0.6 is 0 Å². The molecule has 27 heavy (non-hydrogen) atoms. The van der Waals surface area contributed by atoms with Gasteiger partial charge in [0.05, 0.1) is 27.4 Å². The van der Waals surface area contributed by atoms with Crippen LogP contribution in [0, 0.1) is 18.6 Å². The maximum atomic E-state index is 14.1. The molecule has 3 rings (SSSR count). The van der Waals surface area contributed by atoms with Crippen LogP contribution in [0.2, 0.25) is 0 Å². The van der Waals surface area contributed by atoms with E-state index in [1.807, 2.05) is 0 Å². The van der Waals surface area contributed by atoms with E-state index in [-0.39, 0.29) is 27.2 Å². The van der Waals surface area contributed by atoms with Gasteiger partial charge < -0.3 is 11.1 Å². The summed E-state index contributed by atoms with van der Waals surface area (Å²) in [7, 11) is -3.56. The summed E-state index contributed by atoms with van der Waals surface area (Å²) in [5.41, 5.74) is 6.04. The van der Waals surface area contributed by atoms with E-state index < -0.39 is 27.4 Å². The highest BCUT2D eigenvalue weighted by Crippen LogP contribution is 2.33. The Labute approximate surface area is 153 Å². The number of amides is 1. The van der Waals surface area contributed by atoms with Gasteiger partial charge in [0.1, 0.15) is 0 Å². The SMILES string of the molecule is Cc1cc(S(C)(=O)=O)cc2c(Nc3cccc(F)c3F)c(C(N)=O)cnc12. The Balaban J connectivity index is 2.36. The van der Waals surface area contributed by atoms with E-state index in [4.69, 9.17) is 5.73 Å². The maximum Gasteiger partial charge on any atom is 0.252 e. The lowest BCUT2D eigenvalue weighted by Gasteiger charge is -2.15. The third-order valence-corrected chi connectivity index (χ3v) is 5.13. The minimum absolute atomic E-state index is 0.00122. The molecule has 0 unspecified atom stereocenters. The third-order valence-electron chi connectivity index (χ3n) is 4.04. The fraction of sp³-hybridized carbons (Fsp3) is 0.111. The number of nitrogens with zero attached hydrogens (tertiary/aromatic N) is 1. The number of carbonyl (C=O) groups excluding carboxylic acids is 1. The number of hydrogen-bond acceptors (Lipinski definition) is 5. The molecule has 0 radical (unpaired) electrons. The first-order chi connectivity index (χ1) is 12.6. The molecule has 3 N–H and O–H groups in total. The molecule has 0 aliphatic carbocycles. The minimum atomic E-state index is -3.56. The van der Waals surface area contributed by atoms with Gasteiger partial charge in [-0.25, -0.2) is 17.2 Å². The predicted octanol–water partition coefficient (Wildman–Crippen LogP) is 3.07. The summed E-state index contributed by atoms with van der Waals surface area (Å²) in [5.74, 6) is -3.08. The molecule has 0 saturated carbocycles. The number of aryl methyl sites for hydroxylation is 1. The van der Waals surface area contributed by atoms with Crippen molar-refractivity contribution in [3.05, 3.63) is 59.3 Å². The van der Waals surface area contributed by atoms with E-state index in [1.165, 1.54) is 30.5 Å². The number of rotatable bonds is 4. The molecule has 2 aromatic carbocycles. The second-order valence-corrected chi connectivity index (χ2v) is 8.06. The van der Waals surface area contributed by atoms with Gasteiger partial charge in [-0.1, -0.05) is 6.07 Å². The summed E-state index contributed by atoms with van der Waals surface area (Å²) in [5, 5.41) is 2.91. The first-order valence-corrected chi connectivity index (χ1v) is 9.63. The van der Waals surface area contributed by atoms with Gasteiger partial charge in [0.15, 0.2) is 21.5 Å². The van der Waals surface area contributed by atoms with Gasteiger partial charge in [0.25, 0.3) is 5.91 Å². The fourth-order valence-corrected chi connectivity index (χ4v) is 3.44. The largest absolute Gasteiger partial charge is 0.365 e. The Kier molecular flexibility index (Phi) is 4.56. The van der Waals surface area contributed by atoms with Crippen molar-refractivity contribution in [2.24, 2.45) is 5.73 Å². The third kappa shape index (κ3) is 3.45. The van der Waals surface area contributed by atoms with Gasteiger partial charge in [-0.2, -0.15) is 0 Å². The number of pyridine rings is 1. The number of carbonyl (C=O) groups is 1. The van der Waals surface area contributed by atoms with Gasteiger partial charge in [-0.05, 0) is 36.8 Å². The van der Waals surface area contributed by atoms with E-state index >= 15 is 0 Å². The van der Waals surface area contributed by atoms with Crippen LogP contribution < -0.4 is 11.1 Å². The number of halogens is 2. The number of hydrogen-bond donors (Lipinski definition) is 2. The van der Waals surface area contributed by atoms with Crippen LogP contribution in [0.3, 0.4) is 0 Å². The van der Waals surface area contributed by atoms with Gasteiger partial charge in [-0.3, -0.25) is 9.78 Å². The smallest absolute Gasteiger partial charge is 0.252 e. The van der Waals surface area contributed by atoms with Crippen molar-refractivity contribution in [3.8, 4) is 0 Å². The standard InChI is InChI=1S/C18H15F2N3O3S/c1-9-6-10(27(2,25)26)7-11-16(9)22-8-12(18(21)24)17(11)23-14-5-3-4-13(19)15(14)20/h3-8H,1-2H3,(H2,21,24)(H,22,23). The highest BCUT2D eigenvalue weighted by atomic mass is 32.2. The molecule has 1 aromatic heterocycles. The van der Waals surface area contributed by atoms with Crippen LogP contribution in [0.15, 0.2) is 41.4 Å². The lowest BCUT2D eigenvalue weighted by Crippen LogP contribution is -2.15. The van der Waals surface area contributed by atoms with E-state index in [1.54, 1.807) is 6.92 Å². The number of primary amides is 1. The minimum Gasteiger partial charge on any atom is -0.365 e. The van der Waals surface area contributed by atoms with E-state index in [0.29, 0.717) is 11.1 Å². The lowest BCUT2D eigenvalue weighted by molar-refractivity contribution is 0.100. The molecule has 0 aliphatic rings. The number of nitrogens with two attached hydrogens (primary N) is 1. The zero-order valence-corrected chi connectivity index (χ0v) is 15.2. The van der Waals surface area contributed by atoms with E-state index in [0.717, 1.165) is 12.3 Å². The number of sulfone groups is 1. The normalized spacial score (nSPS) is 11.6. The molecule has 0 spiro atoms. The van der Waals surface area contributed by atoms with Crippen LogP contribution in [-0.4, -0.2) is 25.6 Å². The quantitative estimate of drug-likeness (QED) is 0.712. The highest BCUT2D eigenvalue weighted by molar-refractivity contribution is 7.90. The Bertz CT molecular complexity index is 1190. The number of anilines is 2. The monoisotopic (exact) mass is 391 g/mol. The molecule has 140 valence electrons. The first kappa shape index (κ1) is 18.7. The summed E-state index contributed by atoms with van der Waals surface area (Å²) in [6, 6.07) is 6.29. The zero-order chi connectivity index (χ0) is 19.9. The van der Waals surface area contributed by atoms with Crippen LogP contribution in [0.25, 0.3) is 10.9 Å². The fourth-order valence-electron chi connectivity index (χ4n) is 2.72. The summed E-state index contributed by atoms with van der Waals surface area (Å²) in [6.45, 7) is 1.65. The zero-order valence-electron chi connectivity index (χ0n) is 14.4. The summed E-state index contributed by atoms with van der Waals surface area (Å²) < 4.78 is 51.6. The molecule has 3 aromatic rings. The molecule has 1 heterocycles. The molecule has 1 amide bonds. The van der Waals surface area contributed by atoms with Crippen molar-refractivity contribution in [2.45, 2.75) is 11.8 Å². The molecule has 0 atom stereocenters. The number of nitrogens with one attached hydrogen (secondary N) is 1. The molecule has 9 heteroatoms. The highest BCUT2D eigenvalue weighted by Gasteiger charge is 2.19. The van der Waals surface area contributed by atoms with Crippen LogP contribution in [0.4, 0.5) is 20.2 Å². The van der Waals surface area contributed by atoms with Crippen molar-refractivity contribution in [2.75, 3.05) is 11.6 Å². The second kappa shape index (κ2) is 6.58. The Morgan fingerprint density at radius 2 is 1.93 bits per heavy atom. The Hall–Kier alpha value is -3.07. The topological polar surface area (TPSA) is 102 Å². The van der Waals surface area contributed by atoms with Gasteiger partial charge in [0, 0.05) is 17.8 Å². The first-order valence-electron chi connectivity index (χ1n) is 7.74. The van der Waals surface area contributed by atoms with Gasteiger partial charge in [-0.15, -0.1) is 0 Å². The van der Waals surface area contributed by atoms with Crippen molar-refractivity contribution in [1.82, 2.24) is 4.98 Å².